The number of aliphatic hydroxyl groups excluding tert-OH is 1. The molecule has 0 radical (unpaired) electrons. The summed E-state index contributed by atoms with van der Waals surface area (Å²) < 4.78 is 6.25. The summed E-state index contributed by atoms with van der Waals surface area (Å²) in [5.41, 5.74) is 6.16. The minimum absolute atomic E-state index is 0.0628. The molecule has 0 spiro atoms. The summed E-state index contributed by atoms with van der Waals surface area (Å²) in [4.78, 5) is 13.6. The summed E-state index contributed by atoms with van der Waals surface area (Å²) in [6.07, 6.45) is 2.19. The Kier molecular flexibility index (Phi) is 4.79. The molecule has 3 nitrogen and oxygen atoms in total. The third-order valence-corrected chi connectivity index (χ3v) is 7.49. The van der Waals surface area contributed by atoms with Crippen LogP contribution in [-0.2, 0) is 22.4 Å². The third kappa shape index (κ3) is 2.79. The maximum Gasteiger partial charge on any atom is 0.173 e. The number of Topliss-reactive ketones (excluding diaryl/α,β-unsaturated/α-hetero) is 1. The van der Waals surface area contributed by atoms with Crippen molar-refractivity contribution in [2.45, 2.75) is 58.2 Å². The zero-order chi connectivity index (χ0) is 21.2. The largest absolute Gasteiger partial charge is 0.511 e. The molecule has 2 aromatic carbocycles. The van der Waals surface area contributed by atoms with Crippen LogP contribution < -0.4 is 0 Å². The van der Waals surface area contributed by atoms with Gasteiger partial charge in [0.05, 0.1) is 29.6 Å². The van der Waals surface area contributed by atoms with Gasteiger partial charge in [0.2, 0.25) is 0 Å². The van der Waals surface area contributed by atoms with Gasteiger partial charge in [-0.3, -0.25) is 4.79 Å². The highest BCUT2D eigenvalue weighted by atomic mass is 35.5. The minimum Gasteiger partial charge on any atom is -0.511 e. The summed E-state index contributed by atoms with van der Waals surface area (Å²) in [7, 11) is 0. The van der Waals surface area contributed by atoms with Crippen LogP contribution in [0.25, 0.3) is 5.57 Å². The summed E-state index contributed by atoms with van der Waals surface area (Å²) in [6.45, 7) is 6.31. The van der Waals surface area contributed by atoms with Crippen molar-refractivity contribution in [2.75, 3.05) is 0 Å². The Morgan fingerprint density at radius 1 is 1.07 bits per heavy atom. The molecule has 0 amide bonds. The van der Waals surface area contributed by atoms with E-state index in [-0.39, 0.29) is 41.5 Å². The van der Waals surface area contributed by atoms with Gasteiger partial charge in [-0.25, -0.2) is 0 Å². The fourth-order valence-corrected chi connectivity index (χ4v) is 6.09. The van der Waals surface area contributed by atoms with Crippen LogP contribution in [0.15, 0.2) is 42.2 Å². The molecule has 1 aliphatic carbocycles. The fraction of sp³-hybridized carbons (Fsp3) is 0.423. The number of aryl methyl sites for hydroxylation is 3. The number of fused-ring (bicyclic) bond motifs is 5. The molecule has 0 saturated carbocycles. The average molecular weight is 423 g/mol. The van der Waals surface area contributed by atoms with Gasteiger partial charge in [-0.05, 0) is 60.6 Å². The lowest BCUT2D eigenvalue weighted by molar-refractivity contribution is -0.118. The highest BCUT2D eigenvalue weighted by Gasteiger charge is 2.62. The van der Waals surface area contributed by atoms with Gasteiger partial charge < -0.3 is 9.84 Å². The molecule has 2 aliphatic heterocycles. The van der Waals surface area contributed by atoms with Crippen molar-refractivity contribution in [2.24, 2.45) is 11.8 Å². The standard InChI is InChI=1S/C26H27ClO3/c1-4-14-10-13(3)11-15(5-2)20(14)22-24(28)21-19-12-18(16-6-8-17(27)9-7-16)26(30-19)23(21)25(22)29/h6-11,18-19,21,23,26,29H,4-5,12H2,1-3H3/t18-,19-,21-,23+,26+/m0/s1. The molecule has 1 N–H and O–H groups in total. The Labute approximate surface area is 182 Å². The molecule has 30 heavy (non-hydrogen) atoms. The molecular formula is C26H27ClO3. The molecule has 5 atom stereocenters. The quantitative estimate of drug-likeness (QED) is 0.676. The van der Waals surface area contributed by atoms with Gasteiger partial charge in [0, 0.05) is 10.9 Å². The van der Waals surface area contributed by atoms with E-state index < -0.39 is 0 Å². The van der Waals surface area contributed by atoms with Crippen molar-refractivity contribution in [3.05, 3.63) is 75.0 Å². The van der Waals surface area contributed by atoms with E-state index in [9.17, 15) is 9.90 Å². The first-order valence-electron chi connectivity index (χ1n) is 11.0. The number of hydrogen-bond donors (Lipinski definition) is 1. The van der Waals surface area contributed by atoms with E-state index in [2.05, 4.69) is 32.9 Å². The van der Waals surface area contributed by atoms with Crippen LogP contribution in [0.3, 0.4) is 0 Å². The van der Waals surface area contributed by atoms with E-state index in [1.807, 2.05) is 24.3 Å². The number of hydrogen-bond acceptors (Lipinski definition) is 3. The van der Waals surface area contributed by atoms with Gasteiger partial charge in [0.15, 0.2) is 5.78 Å². The van der Waals surface area contributed by atoms with E-state index >= 15 is 0 Å². The molecule has 5 rings (SSSR count). The number of carbonyl (C=O) groups excluding carboxylic acids is 1. The lowest BCUT2D eigenvalue weighted by Gasteiger charge is -2.27. The van der Waals surface area contributed by atoms with Crippen LogP contribution in [0.5, 0.6) is 0 Å². The van der Waals surface area contributed by atoms with Crippen molar-refractivity contribution in [1.82, 2.24) is 0 Å². The van der Waals surface area contributed by atoms with Crippen molar-refractivity contribution in [3.63, 3.8) is 0 Å². The van der Waals surface area contributed by atoms with E-state index in [4.69, 9.17) is 16.3 Å². The molecule has 2 fully saturated rings. The Bertz CT molecular complexity index is 1030. The van der Waals surface area contributed by atoms with Crippen molar-refractivity contribution in [1.29, 1.82) is 0 Å². The zero-order valence-electron chi connectivity index (χ0n) is 17.6. The van der Waals surface area contributed by atoms with Crippen LogP contribution in [-0.4, -0.2) is 23.1 Å². The van der Waals surface area contributed by atoms with E-state index in [1.54, 1.807) is 0 Å². The molecule has 0 unspecified atom stereocenters. The Morgan fingerprint density at radius 2 is 1.70 bits per heavy atom. The van der Waals surface area contributed by atoms with Crippen molar-refractivity contribution < 1.29 is 14.6 Å². The highest BCUT2D eigenvalue weighted by molar-refractivity contribution is 6.30. The molecule has 4 heteroatoms. The van der Waals surface area contributed by atoms with E-state index in [0.29, 0.717) is 10.6 Å². The van der Waals surface area contributed by atoms with E-state index in [1.165, 1.54) is 5.56 Å². The Balaban J connectivity index is 1.59. The minimum atomic E-state index is -0.260. The van der Waals surface area contributed by atoms with Crippen LogP contribution in [0.2, 0.25) is 5.02 Å². The number of aliphatic hydroxyl groups is 1. The van der Waals surface area contributed by atoms with Crippen LogP contribution >= 0.6 is 11.6 Å². The van der Waals surface area contributed by atoms with Gasteiger partial charge >= 0.3 is 0 Å². The first-order chi connectivity index (χ1) is 14.4. The average Bonchev–Trinajstić information content (AvgIpc) is 3.40. The molecular weight excluding hydrogens is 396 g/mol. The first kappa shape index (κ1) is 19.8. The van der Waals surface area contributed by atoms with Crippen LogP contribution in [0.1, 0.15) is 54.0 Å². The molecule has 3 aliphatic rings. The number of rotatable bonds is 4. The molecule has 2 saturated heterocycles. The Hall–Kier alpha value is -2.10. The second kappa shape index (κ2) is 7.25. The third-order valence-electron chi connectivity index (χ3n) is 7.23. The number of benzene rings is 2. The molecule has 156 valence electrons. The van der Waals surface area contributed by atoms with Gasteiger partial charge in [-0.2, -0.15) is 0 Å². The predicted molar refractivity (Wildman–Crippen MR) is 119 cm³/mol. The molecule has 2 bridgehead atoms. The van der Waals surface area contributed by atoms with Crippen LogP contribution in [0.4, 0.5) is 0 Å². The summed E-state index contributed by atoms with van der Waals surface area (Å²) in [5.74, 6) is -0.0266. The lowest BCUT2D eigenvalue weighted by atomic mass is 9.72. The van der Waals surface area contributed by atoms with Gasteiger partial charge in [-0.15, -0.1) is 0 Å². The number of carbonyl (C=O) groups is 1. The molecule has 2 heterocycles. The fourth-order valence-electron chi connectivity index (χ4n) is 5.96. The highest BCUT2D eigenvalue weighted by Crippen LogP contribution is 2.58. The number of allylic oxidation sites excluding steroid dienone is 1. The first-order valence-corrected chi connectivity index (χ1v) is 11.3. The SMILES string of the molecule is CCc1cc(C)cc(CC)c1C1=C(O)[C@@H]2[C@@H]3O[C@@H](C[C@H]3c3ccc(Cl)cc3)[C@@H]2C1=O. The smallest absolute Gasteiger partial charge is 0.173 e. The predicted octanol–water partition coefficient (Wildman–Crippen LogP) is 5.81. The topological polar surface area (TPSA) is 46.5 Å². The van der Waals surface area contributed by atoms with Gasteiger partial charge in [0.25, 0.3) is 0 Å². The Morgan fingerprint density at radius 3 is 2.30 bits per heavy atom. The summed E-state index contributed by atoms with van der Waals surface area (Å²) >= 11 is 6.06. The van der Waals surface area contributed by atoms with Crippen LogP contribution in [0, 0.1) is 18.8 Å². The zero-order valence-corrected chi connectivity index (χ0v) is 18.4. The monoisotopic (exact) mass is 422 g/mol. The summed E-state index contributed by atoms with van der Waals surface area (Å²) in [6, 6.07) is 12.2. The van der Waals surface area contributed by atoms with Gasteiger partial charge in [0.1, 0.15) is 5.76 Å². The normalized spacial score (nSPS) is 29.7. The second-order valence-electron chi connectivity index (χ2n) is 8.87. The van der Waals surface area contributed by atoms with Gasteiger partial charge in [-0.1, -0.05) is 55.3 Å². The van der Waals surface area contributed by atoms with Crippen molar-refractivity contribution in [3.8, 4) is 0 Å². The maximum absolute atomic E-state index is 13.6. The molecule has 0 aromatic heterocycles. The maximum atomic E-state index is 13.6. The number of ketones is 1. The lowest BCUT2D eigenvalue weighted by Crippen LogP contribution is -2.33. The van der Waals surface area contributed by atoms with Crippen molar-refractivity contribution >= 4 is 23.0 Å². The number of halogens is 1. The van der Waals surface area contributed by atoms with E-state index in [0.717, 1.165) is 41.5 Å². The summed E-state index contributed by atoms with van der Waals surface area (Å²) in [5, 5.41) is 12.1. The number of ether oxygens (including phenoxy) is 1. The second-order valence-corrected chi connectivity index (χ2v) is 9.31. The molecule has 2 aromatic rings.